The normalized spacial score (nSPS) is 12.6. The van der Waals surface area contributed by atoms with Crippen molar-refractivity contribution in [1.29, 1.82) is 0 Å². The summed E-state index contributed by atoms with van der Waals surface area (Å²) in [5, 5.41) is 10.5. The number of hydrogen-bond donors (Lipinski definition) is 2. The zero-order valence-corrected chi connectivity index (χ0v) is 17.3. The minimum absolute atomic E-state index is 0.0294. The van der Waals surface area contributed by atoms with E-state index in [0.717, 1.165) is 47.5 Å². The maximum atomic E-state index is 12.9. The monoisotopic (exact) mass is 402 g/mol. The van der Waals surface area contributed by atoms with Crippen LogP contribution in [0, 0.1) is 5.92 Å². The molecular weight excluding hydrogens is 376 g/mol. The van der Waals surface area contributed by atoms with Crippen molar-refractivity contribution >= 4 is 17.5 Å². The molecule has 0 saturated heterocycles. The van der Waals surface area contributed by atoms with E-state index >= 15 is 0 Å². The lowest BCUT2D eigenvalue weighted by atomic mass is 10.1. The quantitative estimate of drug-likeness (QED) is 0.657. The zero-order chi connectivity index (χ0) is 21.1. The zero-order valence-electron chi connectivity index (χ0n) is 17.3. The summed E-state index contributed by atoms with van der Waals surface area (Å²) in [5.74, 6) is -0.284. The SMILES string of the molecule is CC(C)C(=O)Nc1cccc(CNC(=O)c2nn(-c3ccccc3)c3c2CCC3)c1. The first-order valence-corrected chi connectivity index (χ1v) is 10.4. The summed E-state index contributed by atoms with van der Waals surface area (Å²) in [6.07, 6.45) is 2.85. The van der Waals surface area contributed by atoms with Crippen LogP contribution in [0.5, 0.6) is 0 Å². The van der Waals surface area contributed by atoms with Gasteiger partial charge >= 0.3 is 0 Å². The van der Waals surface area contributed by atoms with Gasteiger partial charge in [0.25, 0.3) is 5.91 Å². The Balaban J connectivity index is 1.49. The van der Waals surface area contributed by atoms with E-state index < -0.39 is 0 Å². The minimum atomic E-state index is -0.167. The molecule has 2 amide bonds. The number of carbonyl (C=O) groups excluding carboxylic acids is 2. The molecule has 6 nitrogen and oxygen atoms in total. The molecule has 30 heavy (non-hydrogen) atoms. The molecule has 1 aliphatic carbocycles. The highest BCUT2D eigenvalue weighted by molar-refractivity contribution is 5.94. The smallest absolute Gasteiger partial charge is 0.272 e. The second kappa shape index (κ2) is 8.53. The molecule has 3 aromatic rings. The van der Waals surface area contributed by atoms with Crippen LogP contribution in [-0.2, 0) is 24.2 Å². The Kier molecular flexibility index (Phi) is 5.65. The van der Waals surface area contributed by atoms with Gasteiger partial charge in [-0.3, -0.25) is 9.59 Å². The fraction of sp³-hybridized carbons (Fsp3) is 0.292. The molecule has 0 aliphatic heterocycles. The fourth-order valence-corrected chi connectivity index (χ4v) is 3.71. The highest BCUT2D eigenvalue weighted by atomic mass is 16.2. The molecule has 0 spiro atoms. The van der Waals surface area contributed by atoms with Crippen molar-refractivity contribution in [3.63, 3.8) is 0 Å². The fourth-order valence-electron chi connectivity index (χ4n) is 3.71. The van der Waals surface area contributed by atoms with Crippen LogP contribution in [0.1, 0.15) is 47.6 Å². The number of rotatable bonds is 6. The molecule has 0 atom stereocenters. The predicted octanol–water partition coefficient (Wildman–Crippen LogP) is 3.89. The van der Waals surface area contributed by atoms with Gasteiger partial charge in [-0.15, -0.1) is 0 Å². The maximum Gasteiger partial charge on any atom is 0.272 e. The Morgan fingerprint density at radius 2 is 1.87 bits per heavy atom. The molecule has 2 N–H and O–H groups in total. The van der Waals surface area contributed by atoms with Crippen LogP contribution in [0.25, 0.3) is 5.69 Å². The van der Waals surface area contributed by atoms with Crippen LogP contribution >= 0.6 is 0 Å². The molecule has 1 heterocycles. The Hall–Kier alpha value is -3.41. The average Bonchev–Trinajstić information content (AvgIpc) is 3.36. The van der Waals surface area contributed by atoms with Crippen LogP contribution in [0.4, 0.5) is 5.69 Å². The third-order valence-corrected chi connectivity index (χ3v) is 5.32. The number of benzene rings is 2. The van der Waals surface area contributed by atoms with Crippen LogP contribution in [0.3, 0.4) is 0 Å². The van der Waals surface area contributed by atoms with Gasteiger partial charge in [0.2, 0.25) is 5.91 Å². The Labute approximate surface area is 176 Å². The summed E-state index contributed by atoms with van der Waals surface area (Å²) in [6.45, 7) is 4.08. The number of nitrogens with zero attached hydrogens (tertiary/aromatic N) is 2. The molecule has 6 heteroatoms. The van der Waals surface area contributed by atoms with E-state index in [1.165, 1.54) is 0 Å². The molecular formula is C24H26N4O2. The van der Waals surface area contributed by atoms with E-state index in [0.29, 0.717) is 12.2 Å². The number of nitrogens with one attached hydrogen (secondary N) is 2. The van der Waals surface area contributed by atoms with E-state index in [-0.39, 0.29) is 17.7 Å². The number of fused-ring (bicyclic) bond motifs is 1. The highest BCUT2D eigenvalue weighted by Crippen LogP contribution is 2.27. The van der Waals surface area contributed by atoms with Crippen molar-refractivity contribution in [3.05, 3.63) is 77.1 Å². The number of para-hydroxylation sites is 1. The number of anilines is 1. The lowest BCUT2D eigenvalue weighted by molar-refractivity contribution is -0.118. The van der Waals surface area contributed by atoms with Crippen molar-refractivity contribution in [3.8, 4) is 5.69 Å². The second-order valence-corrected chi connectivity index (χ2v) is 7.90. The van der Waals surface area contributed by atoms with E-state index in [1.807, 2.05) is 73.1 Å². The highest BCUT2D eigenvalue weighted by Gasteiger charge is 2.26. The number of carbonyl (C=O) groups is 2. The Bertz CT molecular complexity index is 1070. The van der Waals surface area contributed by atoms with Gasteiger partial charge in [0.15, 0.2) is 5.69 Å². The molecule has 154 valence electrons. The van der Waals surface area contributed by atoms with Crippen LogP contribution in [0.2, 0.25) is 0 Å². The first-order valence-electron chi connectivity index (χ1n) is 10.4. The van der Waals surface area contributed by atoms with Gasteiger partial charge in [0.1, 0.15) is 0 Å². The van der Waals surface area contributed by atoms with Gasteiger partial charge < -0.3 is 10.6 Å². The van der Waals surface area contributed by atoms with Crippen molar-refractivity contribution in [1.82, 2.24) is 15.1 Å². The summed E-state index contributed by atoms with van der Waals surface area (Å²) in [5.41, 5.74) is 5.32. The molecule has 0 fully saturated rings. The molecule has 1 aliphatic rings. The van der Waals surface area contributed by atoms with E-state index in [4.69, 9.17) is 0 Å². The molecule has 0 radical (unpaired) electrons. The third-order valence-electron chi connectivity index (χ3n) is 5.32. The lowest BCUT2D eigenvalue weighted by Crippen LogP contribution is -2.24. The van der Waals surface area contributed by atoms with Crippen molar-refractivity contribution < 1.29 is 9.59 Å². The van der Waals surface area contributed by atoms with Gasteiger partial charge in [-0.25, -0.2) is 4.68 Å². The van der Waals surface area contributed by atoms with Gasteiger partial charge in [-0.2, -0.15) is 5.10 Å². The third kappa shape index (κ3) is 4.13. The van der Waals surface area contributed by atoms with Crippen LogP contribution in [-0.4, -0.2) is 21.6 Å². The molecule has 0 saturated carbocycles. The van der Waals surface area contributed by atoms with Crippen LogP contribution < -0.4 is 10.6 Å². The van der Waals surface area contributed by atoms with Crippen molar-refractivity contribution in [2.75, 3.05) is 5.32 Å². The average molecular weight is 402 g/mol. The molecule has 0 unspecified atom stereocenters. The minimum Gasteiger partial charge on any atom is -0.347 e. The summed E-state index contributed by atoms with van der Waals surface area (Å²) in [4.78, 5) is 24.8. The molecule has 4 rings (SSSR count). The predicted molar refractivity (Wildman–Crippen MR) is 117 cm³/mol. The second-order valence-electron chi connectivity index (χ2n) is 7.90. The summed E-state index contributed by atoms with van der Waals surface area (Å²) in [7, 11) is 0. The first kappa shape index (κ1) is 19.9. The Morgan fingerprint density at radius 1 is 1.07 bits per heavy atom. The van der Waals surface area contributed by atoms with Crippen molar-refractivity contribution in [2.24, 2.45) is 5.92 Å². The lowest BCUT2D eigenvalue weighted by Gasteiger charge is -2.10. The molecule has 0 bridgehead atoms. The van der Waals surface area contributed by atoms with E-state index in [1.54, 1.807) is 0 Å². The standard InChI is InChI=1S/C24H26N4O2/c1-16(2)23(29)26-18-9-6-8-17(14-18)15-25-24(30)22-20-12-7-13-21(20)28(27-22)19-10-4-3-5-11-19/h3-6,8-11,14,16H,7,12-13,15H2,1-2H3,(H,25,30)(H,26,29). The summed E-state index contributed by atoms with van der Waals surface area (Å²) >= 11 is 0. The summed E-state index contributed by atoms with van der Waals surface area (Å²) < 4.78 is 1.90. The van der Waals surface area contributed by atoms with Gasteiger partial charge in [-0.05, 0) is 49.1 Å². The maximum absolute atomic E-state index is 12.9. The molecule has 1 aromatic heterocycles. The number of amides is 2. The van der Waals surface area contributed by atoms with Crippen molar-refractivity contribution in [2.45, 2.75) is 39.7 Å². The first-order chi connectivity index (χ1) is 14.5. The van der Waals surface area contributed by atoms with E-state index in [2.05, 4.69) is 15.7 Å². The topological polar surface area (TPSA) is 76.0 Å². The van der Waals surface area contributed by atoms with E-state index in [9.17, 15) is 9.59 Å². The van der Waals surface area contributed by atoms with Crippen LogP contribution in [0.15, 0.2) is 54.6 Å². The van der Waals surface area contributed by atoms with Gasteiger partial charge in [0.05, 0.1) is 5.69 Å². The number of aromatic nitrogens is 2. The number of hydrogen-bond acceptors (Lipinski definition) is 3. The summed E-state index contributed by atoms with van der Waals surface area (Å²) in [6, 6.07) is 17.5. The molecule has 2 aromatic carbocycles. The largest absolute Gasteiger partial charge is 0.347 e. The van der Waals surface area contributed by atoms with Gasteiger partial charge in [-0.1, -0.05) is 44.2 Å². The van der Waals surface area contributed by atoms with Gasteiger partial charge in [0, 0.05) is 29.4 Å². The Morgan fingerprint density at radius 3 is 2.63 bits per heavy atom.